The van der Waals surface area contributed by atoms with Gasteiger partial charge in [0.2, 0.25) is 0 Å². The van der Waals surface area contributed by atoms with E-state index in [2.05, 4.69) is 18.7 Å². The van der Waals surface area contributed by atoms with E-state index >= 15 is 0 Å². The van der Waals surface area contributed by atoms with Crippen LogP contribution in [-0.4, -0.2) is 13.2 Å². The molecule has 0 spiro atoms. The maximum absolute atomic E-state index is 5.53. The van der Waals surface area contributed by atoms with Gasteiger partial charge in [-0.3, -0.25) is 0 Å². The Morgan fingerprint density at radius 2 is 1.94 bits per heavy atom. The van der Waals surface area contributed by atoms with Crippen molar-refractivity contribution >= 4 is 0 Å². The summed E-state index contributed by atoms with van der Waals surface area (Å²) in [5, 5.41) is 0. The fraction of sp³-hybridized carbons (Fsp3) is 0.429. The predicted molar refractivity (Wildman–Crippen MR) is 68.7 cm³/mol. The van der Waals surface area contributed by atoms with Crippen LogP contribution < -0.4 is 10.5 Å². The van der Waals surface area contributed by atoms with Crippen molar-refractivity contribution < 1.29 is 4.74 Å². The second-order valence-corrected chi connectivity index (χ2v) is 4.14. The third-order valence-electron chi connectivity index (χ3n) is 2.33. The number of benzene rings is 1. The van der Waals surface area contributed by atoms with Crippen LogP contribution in [0.1, 0.15) is 25.3 Å². The van der Waals surface area contributed by atoms with Gasteiger partial charge in [-0.05, 0) is 56.0 Å². The quantitative estimate of drug-likeness (QED) is 0.565. The van der Waals surface area contributed by atoms with E-state index in [0.717, 1.165) is 37.1 Å². The van der Waals surface area contributed by atoms with Gasteiger partial charge in [0.05, 0.1) is 0 Å². The Kier molecular flexibility index (Phi) is 5.65. The minimum Gasteiger partial charge on any atom is -0.489 e. The largest absolute Gasteiger partial charge is 0.489 e. The molecule has 0 fully saturated rings. The Morgan fingerprint density at radius 1 is 1.25 bits per heavy atom. The standard InChI is InChI=1S/C14H21NO/c1-12(2)11-16-14-8-6-13(7-9-14)5-3-4-10-15/h6-9H,1,3-5,10-11,15H2,2H3. The van der Waals surface area contributed by atoms with E-state index in [-0.39, 0.29) is 0 Å². The van der Waals surface area contributed by atoms with Crippen molar-refractivity contribution in [1.82, 2.24) is 0 Å². The first kappa shape index (κ1) is 12.8. The molecule has 2 N–H and O–H groups in total. The molecule has 0 aromatic heterocycles. The van der Waals surface area contributed by atoms with E-state index in [1.54, 1.807) is 0 Å². The molecule has 2 heteroatoms. The van der Waals surface area contributed by atoms with Gasteiger partial charge in [0, 0.05) is 0 Å². The lowest BCUT2D eigenvalue weighted by atomic mass is 10.1. The zero-order chi connectivity index (χ0) is 11.8. The molecule has 0 aliphatic rings. The van der Waals surface area contributed by atoms with E-state index in [4.69, 9.17) is 10.5 Å². The fourth-order valence-corrected chi connectivity index (χ4v) is 1.43. The molecule has 0 aliphatic carbocycles. The lowest BCUT2D eigenvalue weighted by Crippen LogP contribution is -1.99. The lowest BCUT2D eigenvalue weighted by molar-refractivity contribution is 0.352. The zero-order valence-electron chi connectivity index (χ0n) is 10.0. The summed E-state index contributed by atoms with van der Waals surface area (Å²) in [6.07, 6.45) is 3.34. The molecule has 0 bridgehead atoms. The number of aryl methyl sites for hydroxylation is 1. The average molecular weight is 219 g/mol. The summed E-state index contributed by atoms with van der Waals surface area (Å²) < 4.78 is 5.53. The van der Waals surface area contributed by atoms with Crippen LogP contribution in [0.25, 0.3) is 0 Å². The van der Waals surface area contributed by atoms with Crippen molar-refractivity contribution in [2.75, 3.05) is 13.2 Å². The summed E-state index contributed by atoms with van der Waals surface area (Å²) in [6, 6.07) is 8.26. The highest BCUT2D eigenvalue weighted by Gasteiger charge is 1.96. The molecule has 1 aromatic rings. The smallest absolute Gasteiger partial charge is 0.119 e. The van der Waals surface area contributed by atoms with Gasteiger partial charge in [-0.2, -0.15) is 0 Å². The molecule has 16 heavy (non-hydrogen) atoms. The van der Waals surface area contributed by atoms with E-state index in [1.807, 2.05) is 19.1 Å². The van der Waals surface area contributed by atoms with Gasteiger partial charge in [-0.15, -0.1) is 0 Å². The number of hydrogen-bond donors (Lipinski definition) is 1. The zero-order valence-corrected chi connectivity index (χ0v) is 10.0. The Labute approximate surface area is 98.1 Å². The van der Waals surface area contributed by atoms with E-state index in [1.165, 1.54) is 5.56 Å². The molecule has 0 unspecified atom stereocenters. The third-order valence-corrected chi connectivity index (χ3v) is 2.33. The molecular formula is C14H21NO. The monoisotopic (exact) mass is 219 g/mol. The molecule has 0 aliphatic heterocycles. The maximum Gasteiger partial charge on any atom is 0.119 e. The second kappa shape index (κ2) is 7.07. The van der Waals surface area contributed by atoms with E-state index < -0.39 is 0 Å². The summed E-state index contributed by atoms with van der Waals surface area (Å²) in [7, 11) is 0. The Balaban J connectivity index is 2.38. The SMILES string of the molecule is C=C(C)COc1ccc(CCCCN)cc1. The molecule has 0 radical (unpaired) electrons. The first-order valence-electron chi connectivity index (χ1n) is 5.78. The molecule has 0 atom stereocenters. The Morgan fingerprint density at radius 3 is 2.50 bits per heavy atom. The van der Waals surface area contributed by atoms with Crippen LogP contribution in [0.5, 0.6) is 5.75 Å². The van der Waals surface area contributed by atoms with Crippen LogP contribution in [-0.2, 0) is 6.42 Å². The van der Waals surface area contributed by atoms with Crippen LogP contribution in [0.3, 0.4) is 0 Å². The van der Waals surface area contributed by atoms with Crippen LogP contribution >= 0.6 is 0 Å². The van der Waals surface area contributed by atoms with Crippen molar-refractivity contribution in [1.29, 1.82) is 0 Å². The van der Waals surface area contributed by atoms with Gasteiger partial charge < -0.3 is 10.5 Å². The molecule has 0 saturated heterocycles. The molecular weight excluding hydrogens is 198 g/mol. The molecule has 1 rings (SSSR count). The molecule has 2 nitrogen and oxygen atoms in total. The number of hydrogen-bond acceptors (Lipinski definition) is 2. The van der Waals surface area contributed by atoms with Crippen LogP contribution in [0.4, 0.5) is 0 Å². The van der Waals surface area contributed by atoms with Crippen LogP contribution in [0, 0.1) is 0 Å². The van der Waals surface area contributed by atoms with E-state index in [9.17, 15) is 0 Å². The second-order valence-electron chi connectivity index (χ2n) is 4.14. The van der Waals surface area contributed by atoms with Gasteiger partial charge in [0.25, 0.3) is 0 Å². The van der Waals surface area contributed by atoms with Crippen molar-refractivity contribution in [2.45, 2.75) is 26.2 Å². The van der Waals surface area contributed by atoms with Crippen molar-refractivity contribution in [3.8, 4) is 5.75 Å². The van der Waals surface area contributed by atoms with Gasteiger partial charge in [-0.1, -0.05) is 18.7 Å². The topological polar surface area (TPSA) is 35.2 Å². The first-order valence-corrected chi connectivity index (χ1v) is 5.78. The van der Waals surface area contributed by atoms with Crippen LogP contribution in [0.2, 0.25) is 0 Å². The molecule has 88 valence electrons. The summed E-state index contributed by atoms with van der Waals surface area (Å²) in [5.41, 5.74) is 7.83. The van der Waals surface area contributed by atoms with Gasteiger partial charge in [0.1, 0.15) is 12.4 Å². The normalized spacial score (nSPS) is 10.1. The number of ether oxygens (including phenoxy) is 1. The van der Waals surface area contributed by atoms with Crippen LogP contribution in [0.15, 0.2) is 36.4 Å². The number of unbranched alkanes of at least 4 members (excludes halogenated alkanes) is 1. The summed E-state index contributed by atoms with van der Waals surface area (Å²) >= 11 is 0. The van der Waals surface area contributed by atoms with Crippen molar-refractivity contribution in [3.05, 3.63) is 42.0 Å². The summed E-state index contributed by atoms with van der Waals surface area (Å²) in [4.78, 5) is 0. The molecule has 0 amide bonds. The van der Waals surface area contributed by atoms with Crippen molar-refractivity contribution in [2.24, 2.45) is 5.73 Å². The summed E-state index contributed by atoms with van der Waals surface area (Å²) in [6.45, 7) is 7.13. The maximum atomic E-state index is 5.53. The minimum atomic E-state index is 0.590. The average Bonchev–Trinajstić information content (AvgIpc) is 2.28. The molecule has 0 saturated carbocycles. The van der Waals surface area contributed by atoms with Gasteiger partial charge in [0.15, 0.2) is 0 Å². The Hall–Kier alpha value is -1.28. The van der Waals surface area contributed by atoms with Gasteiger partial charge in [-0.25, -0.2) is 0 Å². The molecule has 0 heterocycles. The number of nitrogens with two attached hydrogens (primary N) is 1. The summed E-state index contributed by atoms with van der Waals surface area (Å²) in [5.74, 6) is 0.908. The first-order chi connectivity index (χ1) is 7.72. The fourth-order valence-electron chi connectivity index (χ4n) is 1.43. The highest BCUT2D eigenvalue weighted by Crippen LogP contribution is 2.14. The number of rotatable bonds is 7. The Bertz CT molecular complexity index is 316. The lowest BCUT2D eigenvalue weighted by Gasteiger charge is -2.06. The minimum absolute atomic E-state index is 0.590. The third kappa shape index (κ3) is 4.99. The highest BCUT2D eigenvalue weighted by atomic mass is 16.5. The highest BCUT2D eigenvalue weighted by molar-refractivity contribution is 5.27. The predicted octanol–water partition coefficient (Wildman–Crippen LogP) is 2.92. The van der Waals surface area contributed by atoms with Gasteiger partial charge >= 0.3 is 0 Å². The van der Waals surface area contributed by atoms with E-state index in [0.29, 0.717) is 6.61 Å². The molecule has 1 aromatic carbocycles. The van der Waals surface area contributed by atoms with Crippen molar-refractivity contribution in [3.63, 3.8) is 0 Å².